The Balaban J connectivity index is 1.94. The molecule has 0 aliphatic heterocycles. The van der Waals surface area contributed by atoms with Gasteiger partial charge in [0.2, 0.25) is 0 Å². The van der Waals surface area contributed by atoms with Crippen LogP contribution in [-0.2, 0) is 16.6 Å². The Morgan fingerprint density at radius 2 is 1.81 bits per heavy atom. The lowest BCUT2D eigenvalue weighted by molar-refractivity contribution is 0.392. The van der Waals surface area contributed by atoms with Gasteiger partial charge in [-0.05, 0) is 44.7 Å². The summed E-state index contributed by atoms with van der Waals surface area (Å²) < 4.78 is 12.5. The summed E-state index contributed by atoms with van der Waals surface area (Å²) in [6.07, 6.45) is 5.30. The van der Waals surface area contributed by atoms with E-state index in [2.05, 4.69) is 44.3 Å². The summed E-state index contributed by atoms with van der Waals surface area (Å²) in [7, 11) is -0.778. The molecular weight excluding hydrogens is 278 g/mol. The molecule has 1 saturated carbocycles. The zero-order valence-corrected chi connectivity index (χ0v) is 14.5. The highest BCUT2D eigenvalue weighted by Crippen LogP contribution is 2.28. The van der Waals surface area contributed by atoms with Crippen LogP contribution in [0, 0.1) is 19.8 Å². The molecule has 0 amide bonds. The number of nitrogens with one attached hydrogen (secondary N) is 1. The Morgan fingerprint density at radius 1 is 1.19 bits per heavy atom. The smallest absolute Gasteiger partial charge is 0.0486 e. The fourth-order valence-corrected chi connectivity index (χ4v) is 5.03. The first-order valence-corrected chi connectivity index (χ1v) is 9.73. The molecule has 1 fully saturated rings. The average Bonchev–Trinajstić information content (AvgIpc) is 2.90. The monoisotopic (exact) mass is 307 g/mol. The molecule has 1 aliphatic carbocycles. The van der Waals surface area contributed by atoms with E-state index in [4.69, 9.17) is 0 Å². The minimum absolute atomic E-state index is 0.434. The maximum atomic E-state index is 12.5. The predicted octanol–water partition coefficient (Wildman–Crippen LogP) is 3.72. The van der Waals surface area contributed by atoms with Crippen LogP contribution in [0.5, 0.6) is 0 Å². The molecule has 118 valence electrons. The second-order valence-corrected chi connectivity index (χ2v) is 7.96. The lowest BCUT2D eigenvalue weighted by Gasteiger charge is -2.24. The maximum Gasteiger partial charge on any atom is 0.0486 e. The molecule has 0 saturated heterocycles. The molecule has 3 heteroatoms. The fourth-order valence-electron chi connectivity index (χ4n) is 3.58. The van der Waals surface area contributed by atoms with Gasteiger partial charge in [-0.3, -0.25) is 4.21 Å². The first-order valence-electron chi connectivity index (χ1n) is 8.24. The van der Waals surface area contributed by atoms with E-state index in [0.29, 0.717) is 11.8 Å². The Hall–Kier alpha value is -0.670. The van der Waals surface area contributed by atoms with Crippen LogP contribution >= 0.6 is 0 Å². The molecule has 2 atom stereocenters. The van der Waals surface area contributed by atoms with E-state index >= 15 is 0 Å². The highest BCUT2D eigenvalue weighted by atomic mass is 32.2. The molecule has 1 N–H and O–H groups in total. The molecule has 0 aromatic heterocycles. The third-order valence-corrected chi connectivity index (χ3v) is 5.80. The van der Waals surface area contributed by atoms with E-state index < -0.39 is 10.8 Å². The summed E-state index contributed by atoms with van der Waals surface area (Å²) >= 11 is 0. The number of hydrogen-bond acceptors (Lipinski definition) is 2. The van der Waals surface area contributed by atoms with Crippen LogP contribution in [-0.4, -0.2) is 22.5 Å². The lowest BCUT2D eigenvalue weighted by atomic mass is 10.00. The fraction of sp³-hybridized carbons (Fsp3) is 0.667. The molecule has 2 nitrogen and oxygen atoms in total. The summed E-state index contributed by atoms with van der Waals surface area (Å²) in [5.41, 5.74) is 3.74. The predicted molar refractivity (Wildman–Crippen MR) is 92.1 cm³/mol. The van der Waals surface area contributed by atoms with Gasteiger partial charge in [0.25, 0.3) is 0 Å². The molecule has 21 heavy (non-hydrogen) atoms. The molecule has 0 bridgehead atoms. The van der Waals surface area contributed by atoms with Gasteiger partial charge < -0.3 is 5.32 Å². The van der Waals surface area contributed by atoms with Gasteiger partial charge in [-0.2, -0.15) is 0 Å². The average molecular weight is 308 g/mol. The van der Waals surface area contributed by atoms with Gasteiger partial charge in [0.05, 0.1) is 0 Å². The molecule has 1 aromatic rings. The van der Waals surface area contributed by atoms with Crippen molar-refractivity contribution in [2.75, 3.05) is 12.3 Å². The van der Waals surface area contributed by atoms with Crippen molar-refractivity contribution in [1.82, 2.24) is 5.32 Å². The highest BCUT2D eigenvalue weighted by Gasteiger charge is 2.25. The van der Waals surface area contributed by atoms with E-state index in [-0.39, 0.29) is 0 Å². The number of aryl methyl sites for hydroxylation is 2. The molecule has 1 aliphatic rings. The maximum absolute atomic E-state index is 12.5. The molecule has 2 rings (SSSR count). The molecule has 2 unspecified atom stereocenters. The molecule has 0 spiro atoms. The summed E-state index contributed by atoms with van der Waals surface area (Å²) in [5, 5.41) is 3.57. The van der Waals surface area contributed by atoms with Crippen molar-refractivity contribution in [2.45, 2.75) is 58.2 Å². The summed E-state index contributed by atoms with van der Waals surface area (Å²) in [4.78, 5) is 0. The van der Waals surface area contributed by atoms with Crippen LogP contribution in [0.1, 0.15) is 49.3 Å². The van der Waals surface area contributed by atoms with Crippen molar-refractivity contribution < 1.29 is 4.21 Å². The highest BCUT2D eigenvalue weighted by molar-refractivity contribution is 7.84. The van der Waals surface area contributed by atoms with Crippen LogP contribution in [0.25, 0.3) is 0 Å². The quantitative estimate of drug-likeness (QED) is 0.832. The van der Waals surface area contributed by atoms with Gasteiger partial charge in [0, 0.05) is 28.3 Å². The number of rotatable bonds is 7. The second kappa shape index (κ2) is 8.09. The topological polar surface area (TPSA) is 29.1 Å². The van der Waals surface area contributed by atoms with Crippen LogP contribution in [0.2, 0.25) is 0 Å². The van der Waals surface area contributed by atoms with Gasteiger partial charge in [0.15, 0.2) is 0 Å². The van der Waals surface area contributed by atoms with Crippen LogP contribution in [0.3, 0.4) is 0 Å². The van der Waals surface area contributed by atoms with E-state index in [0.717, 1.165) is 18.2 Å². The van der Waals surface area contributed by atoms with E-state index in [9.17, 15) is 4.21 Å². The summed E-state index contributed by atoms with van der Waals surface area (Å²) in [6.45, 7) is 7.34. The first-order chi connectivity index (χ1) is 10.1. The molecular formula is C18H29NOS. The third kappa shape index (κ3) is 5.23. The molecule has 1 aromatic carbocycles. The van der Waals surface area contributed by atoms with Gasteiger partial charge in [-0.25, -0.2) is 0 Å². The van der Waals surface area contributed by atoms with Crippen molar-refractivity contribution >= 4 is 10.8 Å². The van der Waals surface area contributed by atoms with Gasteiger partial charge >= 0.3 is 0 Å². The zero-order valence-electron chi connectivity index (χ0n) is 13.7. The summed E-state index contributed by atoms with van der Waals surface area (Å²) in [6, 6.07) is 6.95. The Bertz CT molecular complexity index is 460. The van der Waals surface area contributed by atoms with Crippen molar-refractivity contribution in [1.29, 1.82) is 0 Å². The normalized spacial score (nSPS) is 18.8. The van der Waals surface area contributed by atoms with Crippen molar-refractivity contribution in [3.63, 3.8) is 0 Å². The standard InChI is InChI=1S/C18H29NOS/c1-4-19-18(17-7-5-6-8-17)13-21(20)12-16-10-14(2)9-15(3)11-16/h9-11,17-19H,4-8,12-13H2,1-3H3. The minimum atomic E-state index is -0.778. The molecule has 0 radical (unpaired) electrons. The number of hydrogen-bond donors (Lipinski definition) is 1. The van der Waals surface area contributed by atoms with Crippen molar-refractivity contribution in [3.8, 4) is 0 Å². The second-order valence-electron chi connectivity index (χ2n) is 6.46. The third-order valence-electron chi connectivity index (χ3n) is 4.41. The van der Waals surface area contributed by atoms with E-state index in [1.807, 2.05) is 0 Å². The van der Waals surface area contributed by atoms with Crippen molar-refractivity contribution in [2.24, 2.45) is 5.92 Å². The van der Waals surface area contributed by atoms with Crippen LogP contribution < -0.4 is 5.32 Å². The van der Waals surface area contributed by atoms with Crippen molar-refractivity contribution in [3.05, 3.63) is 34.9 Å². The zero-order chi connectivity index (χ0) is 15.2. The first kappa shape index (κ1) is 16.7. The van der Waals surface area contributed by atoms with Gasteiger partial charge in [-0.1, -0.05) is 49.1 Å². The largest absolute Gasteiger partial charge is 0.313 e. The lowest BCUT2D eigenvalue weighted by Crippen LogP contribution is -2.39. The molecule has 0 heterocycles. The van der Waals surface area contributed by atoms with Crippen LogP contribution in [0.15, 0.2) is 18.2 Å². The SMILES string of the molecule is CCNC(CS(=O)Cc1cc(C)cc(C)c1)C1CCCC1. The van der Waals surface area contributed by atoms with Gasteiger partial charge in [-0.15, -0.1) is 0 Å². The van der Waals surface area contributed by atoms with Crippen LogP contribution in [0.4, 0.5) is 0 Å². The summed E-state index contributed by atoms with van der Waals surface area (Å²) in [5.74, 6) is 2.22. The Kier molecular flexibility index (Phi) is 6.43. The van der Waals surface area contributed by atoms with Gasteiger partial charge in [0.1, 0.15) is 0 Å². The minimum Gasteiger partial charge on any atom is -0.313 e. The van der Waals surface area contributed by atoms with E-state index in [1.165, 1.54) is 42.4 Å². The Labute approximate surface area is 132 Å². The number of benzene rings is 1. The Morgan fingerprint density at radius 3 is 2.38 bits per heavy atom. The van der Waals surface area contributed by atoms with E-state index in [1.54, 1.807) is 0 Å².